The van der Waals surface area contributed by atoms with Gasteiger partial charge in [-0.1, -0.05) is 0 Å². The molecule has 1 unspecified atom stereocenters. The van der Waals surface area contributed by atoms with Crippen LogP contribution >= 0.6 is 0 Å². The Morgan fingerprint density at radius 2 is 1.58 bits per heavy atom. The fourth-order valence-corrected chi connectivity index (χ4v) is 3.24. The lowest BCUT2D eigenvalue weighted by Gasteiger charge is -2.54. The monoisotopic (exact) mass is 384 g/mol. The first-order valence-corrected chi connectivity index (χ1v) is 7.88. The predicted octanol–water partition coefficient (Wildman–Crippen LogP) is -5.86. The van der Waals surface area contributed by atoms with Crippen molar-refractivity contribution in [1.82, 2.24) is 5.32 Å². The summed E-state index contributed by atoms with van der Waals surface area (Å²) in [6.07, 6.45) is -14.2. The molecule has 12 nitrogen and oxygen atoms in total. The van der Waals surface area contributed by atoms with Crippen molar-refractivity contribution < 1.29 is 56.5 Å². The van der Waals surface area contributed by atoms with Crippen LogP contribution in [-0.2, 0) is 14.3 Å². The molecule has 0 saturated carbocycles. The predicted molar refractivity (Wildman–Crippen MR) is 80.3 cm³/mol. The Kier molecular flexibility index (Phi) is 6.08. The lowest BCUT2D eigenvalue weighted by Crippen LogP contribution is -2.78. The maximum absolute atomic E-state index is 11.6. The summed E-state index contributed by atoms with van der Waals surface area (Å²) in [5.74, 6) is -3.77. The Balaban J connectivity index is 2.43. The summed E-state index contributed by atoms with van der Waals surface area (Å²) in [5, 5.41) is 82.1. The number of nitrogens with one attached hydrogen (secondary N) is 1. The number of carbonyl (C=O) groups excluding carboxylic acids is 1. The fourth-order valence-electron chi connectivity index (χ4n) is 3.24. The summed E-state index contributed by atoms with van der Waals surface area (Å²) >= 11 is 0. The van der Waals surface area contributed by atoms with Gasteiger partial charge in [0.05, 0.1) is 13.2 Å². The van der Waals surface area contributed by atoms with Crippen LogP contribution in [0.5, 0.6) is 0 Å². The molecule has 10 atom stereocenters. The Bertz CT molecular complexity index is 525. The van der Waals surface area contributed by atoms with Crippen LogP contribution in [0, 0.1) is 0 Å². The summed E-state index contributed by atoms with van der Waals surface area (Å²) in [4.78, 5) is 11.6. The summed E-state index contributed by atoms with van der Waals surface area (Å²) in [5.41, 5.74) is 0. The van der Waals surface area contributed by atoms with E-state index in [1.807, 2.05) is 0 Å². The van der Waals surface area contributed by atoms with E-state index in [9.17, 15) is 45.6 Å². The molecule has 2 fully saturated rings. The van der Waals surface area contributed by atoms with Gasteiger partial charge in [0.15, 0.2) is 0 Å². The average Bonchev–Trinajstić information content (AvgIpc) is 2.66. The second kappa shape index (κ2) is 7.98. The normalized spacial score (nSPS) is 50.2. The number of hydrogen-bond acceptors (Lipinski definition) is 11. The summed E-state index contributed by atoms with van der Waals surface area (Å²) in [6.45, 7) is -2.47. The second-order valence-corrected chi connectivity index (χ2v) is 6.37. The maximum atomic E-state index is 11.6. The smallest absolute Gasteiger partial charge is 0.219 e. The van der Waals surface area contributed by atoms with Gasteiger partial charge in [0.2, 0.25) is 11.7 Å². The highest BCUT2D eigenvalue weighted by Crippen LogP contribution is 2.37. The molecule has 12 heteroatoms. The van der Waals surface area contributed by atoms with Crippen LogP contribution in [0.4, 0.5) is 0 Å². The number of aliphatic hydroxyl groups excluding tert-OH is 7. The van der Waals surface area contributed by atoms with Gasteiger partial charge < -0.3 is 55.6 Å². The molecule has 2 aliphatic rings. The van der Waals surface area contributed by atoms with E-state index in [1.165, 1.54) is 0 Å². The molecule has 0 aromatic heterocycles. The Morgan fingerprint density at radius 1 is 1.00 bits per heavy atom. The lowest BCUT2D eigenvalue weighted by atomic mass is 9.81. The Morgan fingerprint density at radius 3 is 2.12 bits per heavy atom. The molecule has 2 saturated heterocycles. The van der Waals surface area contributed by atoms with Gasteiger partial charge in [-0.2, -0.15) is 0 Å². The zero-order valence-corrected chi connectivity index (χ0v) is 13.6. The molecule has 0 bridgehead atoms. The van der Waals surface area contributed by atoms with E-state index in [1.54, 1.807) is 0 Å². The highest BCUT2D eigenvalue weighted by atomic mass is 16.7. The van der Waals surface area contributed by atoms with E-state index in [-0.39, 0.29) is 0 Å². The topological polar surface area (TPSA) is 209 Å². The fraction of sp³-hybridized carbons (Fsp3) is 0.929. The molecule has 0 aromatic carbocycles. The molecule has 0 aromatic rings. The molecular weight excluding hydrogens is 358 g/mol. The van der Waals surface area contributed by atoms with Crippen LogP contribution in [0.25, 0.3) is 0 Å². The average molecular weight is 384 g/mol. The van der Waals surface area contributed by atoms with Crippen molar-refractivity contribution in [2.45, 2.75) is 67.6 Å². The molecule has 1 amide bonds. The van der Waals surface area contributed by atoms with Gasteiger partial charge in [0.1, 0.15) is 54.9 Å². The van der Waals surface area contributed by atoms with Crippen molar-refractivity contribution in [2.75, 3.05) is 13.2 Å². The van der Waals surface area contributed by atoms with Gasteiger partial charge >= 0.3 is 0 Å². The molecule has 9 N–H and O–H groups in total. The number of hydrogen-bond donors (Lipinski definition) is 9. The molecule has 0 spiro atoms. The third kappa shape index (κ3) is 3.57. The van der Waals surface area contributed by atoms with Crippen molar-refractivity contribution in [3.8, 4) is 0 Å². The van der Waals surface area contributed by atoms with Gasteiger partial charge in [0, 0.05) is 8.27 Å². The SMILES string of the molecule is [2H]CC(=O)N[C@@H]1[C@@H](O)[C@H](O)[C@@H](CO)OC1(O)[C@@H]1O[C@H](CO)[C@H](O)[C@H](O)[C@H]1O. The third-order valence-electron chi connectivity index (χ3n) is 4.65. The Hall–Kier alpha value is -0.930. The zero-order chi connectivity index (χ0) is 20.5. The van der Waals surface area contributed by atoms with E-state index in [4.69, 9.17) is 10.8 Å². The quantitative estimate of drug-likeness (QED) is 0.223. The van der Waals surface area contributed by atoms with E-state index in [0.717, 1.165) is 0 Å². The van der Waals surface area contributed by atoms with E-state index >= 15 is 0 Å². The van der Waals surface area contributed by atoms with Crippen LogP contribution in [0.1, 0.15) is 8.27 Å². The molecule has 26 heavy (non-hydrogen) atoms. The van der Waals surface area contributed by atoms with Gasteiger partial charge in [-0.15, -0.1) is 0 Å². The maximum Gasteiger partial charge on any atom is 0.219 e. The number of ether oxygens (including phenoxy) is 2. The summed E-state index contributed by atoms with van der Waals surface area (Å²) in [7, 11) is 0. The van der Waals surface area contributed by atoms with E-state index in [2.05, 4.69) is 5.32 Å². The van der Waals surface area contributed by atoms with Crippen molar-refractivity contribution >= 4 is 5.91 Å². The minimum atomic E-state index is -2.80. The zero-order valence-electron chi connectivity index (χ0n) is 14.6. The molecule has 152 valence electrons. The molecule has 2 rings (SSSR count). The number of rotatable bonds is 4. The second-order valence-electron chi connectivity index (χ2n) is 6.37. The number of amides is 1. The minimum absolute atomic E-state index is 0.798. The first kappa shape index (κ1) is 19.8. The number of carbonyl (C=O) groups is 1. The summed E-state index contributed by atoms with van der Waals surface area (Å²) in [6, 6.07) is -1.84. The first-order valence-electron chi connectivity index (χ1n) is 8.59. The van der Waals surface area contributed by atoms with Gasteiger partial charge in [0.25, 0.3) is 0 Å². The Labute approximate surface area is 149 Å². The van der Waals surface area contributed by atoms with Gasteiger partial charge in [-0.05, 0) is 0 Å². The standard InChI is InChI=1S/C14H25NO11/c1-4(18)15-12-10(22)8(20)6(3-17)26-14(12,24)13-11(23)9(21)7(19)5(2-16)25-13/h5-13,16-17,19-24H,2-3H2,1H3,(H,15,18)/t5-,6-,7+,8-,9+,10+,11-,12-,13-,14?/m1/s1/i1D. The summed E-state index contributed by atoms with van der Waals surface area (Å²) < 4.78 is 17.5. The van der Waals surface area contributed by atoms with Gasteiger partial charge in [-0.3, -0.25) is 4.79 Å². The minimum Gasteiger partial charge on any atom is -0.394 e. The lowest BCUT2D eigenvalue weighted by molar-refractivity contribution is -0.385. The van der Waals surface area contributed by atoms with Crippen LogP contribution in [0.15, 0.2) is 0 Å². The molecular formula is C14H25NO11. The van der Waals surface area contributed by atoms with Crippen LogP contribution in [0.2, 0.25) is 0 Å². The van der Waals surface area contributed by atoms with E-state index < -0.39 is 86.7 Å². The highest BCUT2D eigenvalue weighted by Gasteiger charge is 2.62. The third-order valence-corrected chi connectivity index (χ3v) is 4.65. The van der Waals surface area contributed by atoms with E-state index in [0.29, 0.717) is 0 Å². The van der Waals surface area contributed by atoms with Crippen molar-refractivity contribution in [1.29, 1.82) is 0 Å². The number of aliphatic hydroxyl groups is 8. The van der Waals surface area contributed by atoms with Crippen molar-refractivity contribution in [2.24, 2.45) is 0 Å². The first-order chi connectivity index (χ1) is 12.6. The molecule has 2 heterocycles. The van der Waals surface area contributed by atoms with Crippen LogP contribution < -0.4 is 5.32 Å². The van der Waals surface area contributed by atoms with Crippen LogP contribution in [0.3, 0.4) is 0 Å². The largest absolute Gasteiger partial charge is 0.394 e. The van der Waals surface area contributed by atoms with Crippen molar-refractivity contribution in [3.63, 3.8) is 0 Å². The van der Waals surface area contributed by atoms with Crippen LogP contribution in [-0.4, -0.2) is 121 Å². The molecule has 0 aliphatic carbocycles. The van der Waals surface area contributed by atoms with Gasteiger partial charge in [-0.25, -0.2) is 0 Å². The highest BCUT2D eigenvalue weighted by molar-refractivity contribution is 5.73. The molecule has 0 radical (unpaired) electrons. The van der Waals surface area contributed by atoms with Crippen molar-refractivity contribution in [3.05, 3.63) is 0 Å². The molecule has 2 aliphatic heterocycles.